The monoisotopic (exact) mass is 484 g/mol. The highest BCUT2D eigenvalue weighted by molar-refractivity contribution is 14.1. The van der Waals surface area contributed by atoms with Crippen LogP contribution in [0.5, 0.6) is 5.75 Å². The second-order valence-corrected chi connectivity index (χ2v) is 7.13. The molecule has 5 nitrogen and oxygen atoms in total. The number of phenolic OH excluding ortho intramolecular Hbond substituents is 1. The Labute approximate surface area is 167 Å². The molecule has 0 atom stereocenters. The van der Waals surface area contributed by atoms with Crippen LogP contribution in [0.1, 0.15) is 5.56 Å². The molecular weight excluding hydrogens is 475 g/mol. The minimum absolute atomic E-state index is 0.0000650. The van der Waals surface area contributed by atoms with Gasteiger partial charge in [-0.25, -0.2) is 0 Å². The predicted molar refractivity (Wildman–Crippen MR) is 108 cm³/mol. The Morgan fingerprint density at radius 1 is 1.16 bits per heavy atom. The van der Waals surface area contributed by atoms with Crippen LogP contribution in [-0.2, 0) is 9.59 Å². The van der Waals surface area contributed by atoms with Crippen LogP contribution in [-0.4, -0.2) is 22.0 Å². The fourth-order valence-electron chi connectivity index (χ4n) is 2.27. The molecule has 0 saturated carbocycles. The van der Waals surface area contributed by atoms with Crippen molar-refractivity contribution in [2.75, 3.05) is 4.90 Å². The number of carbonyl (C=O) groups is 2. The standard InChI is InChI=1S/C17H10ClIN2O3S/c18-10-2-4-11(5-3-10)21-16(24)12(15(23)20-17(21)25)7-9-1-6-13(19)14(22)8-9/h1-8,22H,(H,20,23,25)/b12-7+. The molecule has 2 aromatic rings. The van der Waals surface area contributed by atoms with E-state index in [1.165, 1.54) is 17.0 Å². The summed E-state index contributed by atoms with van der Waals surface area (Å²) in [6.07, 6.45) is 1.41. The maximum atomic E-state index is 12.8. The van der Waals surface area contributed by atoms with Gasteiger partial charge in [-0.05, 0) is 82.8 Å². The van der Waals surface area contributed by atoms with Crippen molar-refractivity contribution in [3.05, 3.63) is 62.2 Å². The zero-order chi connectivity index (χ0) is 18.1. The van der Waals surface area contributed by atoms with Crippen molar-refractivity contribution in [2.24, 2.45) is 0 Å². The van der Waals surface area contributed by atoms with Gasteiger partial charge in [0.2, 0.25) is 0 Å². The van der Waals surface area contributed by atoms with Gasteiger partial charge in [0.05, 0.1) is 9.26 Å². The second-order valence-electron chi connectivity index (χ2n) is 5.15. The van der Waals surface area contributed by atoms with Crippen LogP contribution >= 0.6 is 46.4 Å². The van der Waals surface area contributed by atoms with Gasteiger partial charge in [0.1, 0.15) is 11.3 Å². The van der Waals surface area contributed by atoms with Crippen LogP contribution in [0.15, 0.2) is 48.0 Å². The number of hydrogen-bond donors (Lipinski definition) is 2. The molecule has 0 bridgehead atoms. The van der Waals surface area contributed by atoms with Crippen molar-refractivity contribution in [1.29, 1.82) is 0 Å². The molecule has 2 N–H and O–H groups in total. The number of thiocarbonyl (C=S) groups is 1. The van der Waals surface area contributed by atoms with Crippen LogP contribution in [0.4, 0.5) is 5.69 Å². The Hall–Kier alpha value is -1.97. The molecule has 0 aromatic heterocycles. The molecular formula is C17H10ClIN2O3S. The Bertz CT molecular complexity index is 928. The number of amides is 2. The van der Waals surface area contributed by atoms with Crippen molar-refractivity contribution in [3.8, 4) is 5.75 Å². The Kier molecular flexibility index (Phi) is 5.07. The first-order valence-electron chi connectivity index (χ1n) is 7.02. The summed E-state index contributed by atoms with van der Waals surface area (Å²) < 4.78 is 0.670. The summed E-state index contributed by atoms with van der Waals surface area (Å²) in [4.78, 5) is 26.2. The molecule has 1 heterocycles. The van der Waals surface area contributed by atoms with Crippen molar-refractivity contribution in [1.82, 2.24) is 5.32 Å². The summed E-state index contributed by atoms with van der Waals surface area (Å²) in [5, 5.41) is 12.8. The maximum absolute atomic E-state index is 12.8. The van der Waals surface area contributed by atoms with Crippen LogP contribution in [0.2, 0.25) is 5.02 Å². The Morgan fingerprint density at radius 2 is 1.84 bits per heavy atom. The number of benzene rings is 2. The van der Waals surface area contributed by atoms with Gasteiger partial charge in [0.25, 0.3) is 11.8 Å². The first-order valence-corrected chi connectivity index (χ1v) is 8.89. The zero-order valence-corrected chi connectivity index (χ0v) is 16.2. The van der Waals surface area contributed by atoms with E-state index in [-0.39, 0.29) is 16.4 Å². The lowest BCUT2D eigenvalue weighted by Gasteiger charge is -2.28. The van der Waals surface area contributed by atoms with E-state index in [1.807, 2.05) is 22.6 Å². The highest BCUT2D eigenvalue weighted by atomic mass is 127. The van der Waals surface area contributed by atoms with E-state index in [0.29, 0.717) is 19.8 Å². The van der Waals surface area contributed by atoms with Crippen molar-refractivity contribution in [3.63, 3.8) is 0 Å². The van der Waals surface area contributed by atoms with E-state index in [4.69, 9.17) is 23.8 Å². The summed E-state index contributed by atoms with van der Waals surface area (Å²) in [7, 11) is 0. The molecule has 2 aromatic carbocycles. The van der Waals surface area contributed by atoms with Crippen molar-refractivity contribution >= 4 is 75.1 Å². The molecule has 0 aliphatic carbocycles. The molecule has 0 unspecified atom stereocenters. The van der Waals surface area contributed by atoms with Gasteiger partial charge >= 0.3 is 0 Å². The predicted octanol–water partition coefficient (Wildman–Crippen LogP) is 3.48. The average molecular weight is 485 g/mol. The zero-order valence-electron chi connectivity index (χ0n) is 12.5. The van der Waals surface area contributed by atoms with E-state index in [9.17, 15) is 14.7 Å². The van der Waals surface area contributed by atoms with E-state index in [1.54, 1.807) is 36.4 Å². The normalized spacial score (nSPS) is 16.3. The maximum Gasteiger partial charge on any atom is 0.270 e. The number of aromatic hydroxyl groups is 1. The third kappa shape index (κ3) is 3.68. The van der Waals surface area contributed by atoms with Gasteiger partial charge in [-0.1, -0.05) is 17.7 Å². The summed E-state index contributed by atoms with van der Waals surface area (Å²) >= 11 is 13.0. The fourth-order valence-corrected chi connectivity index (χ4v) is 3.01. The third-order valence-corrected chi connectivity index (χ3v) is 4.92. The van der Waals surface area contributed by atoms with E-state index < -0.39 is 11.8 Å². The first-order chi connectivity index (χ1) is 11.9. The number of nitrogens with zero attached hydrogens (tertiary/aromatic N) is 1. The van der Waals surface area contributed by atoms with E-state index in [0.717, 1.165) is 0 Å². The van der Waals surface area contributed by atoms with E-state index in [2.05, 4.69) is 5.32 Å². The van der Waals surface area contributed by atoms with E-state index >= 15 is 0 Å². The van der Waals surface area contributed by atoms with Gasteiger partial charge in [-0.15, -0.1) is 0 Å². The molecule has 2 amide bonds. The first kappa shape index (κ1) is 17.8. The van der Waals surface area contributed by atoms with Gasteiger partial charge in [-0.3, -0.25) is 19.8 Å². The summed E-state index contributed by atoms with van der Waals surface area (Å²) in [5.74, 6) is -1.06. The molecule has 126 valence electrons. The quantitative estimate of drug-likeness (QED) is 0.296. The molecule has 1 fully saturated rings. The number of anilines is 1. The van der Waals surface area contributed by atoms with Crippen LogP contribution in [0.25, 0.3) is 6.08 Å². The van der Waals surface area contributed by atoms with Crippen LogP contribution in [0.3, 0.4) is 0 Å². The number of halogens is 2. The minimum atomic E-state index is -0.585. The van der Waals surface area contributed by atoms with Gasteiger partial charge < -0.3 is 5.11 Å². The lowest BCUT2D eigenvalue weighted by atomic mass is 10.1. The Balaban J connectivity index is 2.01. The molecule has 25 heavy (non-hydrogen) atoms. The van der Waals surface area contributed by atoms with Crippen molar-refractivity contribution < 1.29 is 14.7 Å². The summed E-state index contributed by atoms with van der Waals surface area (Å²) in [5.41, 5.74) is 0.945. The molecule has 0 radical (unpaired) electrons. The number of rotatable bonds is 2. The molecule has 1 saturated heterocycles. The Morgan fingerprint density at radius 3 is 2.48 bits per heavy atom. The third-order valence-electron chi connectivity index (χ3n) is 3.47. The van der Waals surface area contributed by atoms with Gasteiger partial charge in [0, 0.05) is 5.02 Å². The SMILES string of the molecule is O=C1NC(=S)N(c2ccc(Cl)cc2)C(=O)/C1=C/c1ccc(I)c(O)c1. The molecule has 1 aliphatic heterocycles. The number of phenols is 1. The largest absolute Gasteiger partial charge is 0.507 e. The molecule has 3 rings (SSSR count). The smallest absolute Gasteiger partial charge is 0.270 e. The second kappa shape index (κ2) is 7.11. The topological polar surface area (TPSA) is 69.6 Å². The minimum Gasteiger partial charge on any atom is -0.507 e. The van der Waals surface area contributed by atoms with Gasteiger partial charge in [0.15, 0.2) is 5.11 Å². The highest BCUT2D eigenvalue weighted by Gasteiger charge is 2.34. The summed E-state index contributed by atoms with van der Waals surface area (Å²) in [6, 6.07) is 11.4. The lowest BCUT2D eigenvalue weighted by Crippen LogP contribution is -2.54. The fraction of sp³-hybridized carbons (Fsp3) is 0. The number of carbonyl (C=O) groups excluding carboxylic acids is 2. The lowest BCUT2D eigenvalue weighted by molar-refractivity contribution is -0.122. The number of hydrogen-bond acceptors (Lipinski definition) is 4. The van der Waals surface area contributed by atoms with Gasteiger partial charge in [-0.2, -0.15) is 0 Å². The molecule has 1 aliphatic rings. The molecule has 0 spiro atoms. The van der Waals surface area contributed by atoms with Crippen molar-refractivity contribution in [2.45, 2.75) is 0 Å². The average Bonchev–Trinajstić information content (AvgIpc) is 2.56. The summed E-state index contributed by atoms with van der Waals surface area (Å²) in [6.45, 7) is 0. The highest BCUT2D eigenvalue weighted by Crippen LogP contribution is 2.25. The van der Waals surface area contributed by atoms with Crippen LogP contribution < -0.4 is 10.2 Å². The number of nitrogens with one attached hydrogen (secondary N) is 1. The molecule has 8 heteroatoms. The van der Waals surface area contributed by atoms with Crippen LogP contribution in [0, 0.1) is 3.57 Å².